The summed E-state index contributed by atoms with van der Waals surface area (Å²) in [6.45, 7) is 3.56. The van der Waals surface area contributed by atoms with Gasteiger partial charge < -0.3 is 20.4 Å². The molecule has 0 saturated carbocycles. The maximum atomic E-state index is 12.9. The van der Waals surface area contributed by atoms with Crippen molar-refractivity contribution in [2.24, 2.45) is 0 Å². The van der Waals surface area contributed by atoms with E-state index in [0.29, 0.717) is 6.54 Å². The lowest BCUT2D eigenvalue weighted by Gasteiger charge is -2.27. The van der Waals surface area contributed by atoms with Crippen LogP contribution in [0.15, 0.2) is 12.1 Å². The number of rotatable bonds is 3. The van der Waals surface area contributed by atoms with Gasteiger partial charge in [0.25, 0.3) is 0 Å². The molecule has 7 heteroatoms. The minimum atomic E-state index is -4.54. The second-order valence-corrected chi connectivity index (χ2v) is 4.80. The van der Waals surface area contributed by atoms with E-state index in [2.05, 4.69) is 5.32 Å². The number of nitrogens with one attached hydrogen (secondary N) is 1. The maximum absolute atomic E-state index is 12.9. The highest BCUT2D eigenvalue weighted by Gasteiger charge is 2.35. The summed E-state index contributed by atoms with van der Waals surface area (Å²) in [4.78, 5) is 2.03. The Kier molecular flexibility index (Phi) is 4.39. The molecule has 0 atom stereocenters. The second kappa shape index (κ2) is 5.88. The van der Waals surface area contributed by atoms with Crippen molar-refractivity contribution < 1.29 is 23.4 Å². The van der Waals surface area contributed by atoms with E-state index in [1.807, 2.05) is 4.90 Å². The predicted molar refractivity (Wildman–Crippen MR) is 67.8 cm³/mol. The fourth-order valence-corrected chi connectivity index (χ4v) is 2.35. The molecule has 0 bridgehead atoms. The Labute approximate surface area is 114 Å². The van der Waals surface area contributed by atoms with Gasteiger partial charge in [0, 0.05) is 38.3 Å². The predicted octanol–water partition coefficient (Wildman–Crippen LogP) is 1.56. The first kappa shape index (κ1) is 14.9. The van der Waals surface area contributed by atoms with Gasteiger partial charge in [0.1, 0.15) is 0 Å². The number of phenols is 2. The first-order valence-electron chi connectivity index (χ1n) is 6.43. The van der Waals surface area contributed by atoms with Crippen molar-refractivity contribution >= 4 is 0 Å². The second-order valence-electron chi connectivity index (χ2n) is 4.80. The van der Waals surface area contributed by atoms with Crippen molar-refractivity contribution in [2.45, 2.75) is 12.6 Å². The van der Waals surface area contributed by atoms with E-state index < -0.39 is 23.2 Å². The van der Waals surface area contributed by atoms with E-state index in [1.165, 1.54) is 0 Å². The lowest BCUT2D eigenvalue weighted by molar-refractivity contribution is -0.138. The highest BCUT2D eigenvalue weighted by atomic mass is 19.4. The molecule has 112 valence electrons. The Hall–Kier alpha value is -1.47. The van der Waals surface area contributed by atoms with Crippen LogP contribution in [0.25, 0.3) is 0 Å². The van der Waals surface area contributed by atoms with Crippen LogP contribution in [0, 0.1) is 0 Å². The molecule has 2 rings (SSSR count). The van der Waals surface area contributed by atoms with Gasteiger partial charge in [-0.15, -0.1) is 0 Å². The fraction of sp³-hybridized carbons (Fsp3) is 0.538. The van der Waals surface area contributed by atoms with Crippen molar-refractivity contribution in [3.63, 3.8) is 0 Å². The Balaban J connectivity index is 2.18. The molecule has 0 radical (unpaired) electrons. The zero-order chi connectivity index (χ0) is 14.8. The van der Waals surface area contributed by atoms with Crippen LogP contribution >= 0.6 is 0 Å². The summed E-state index contributed by atoms with van der Waals surface area (Å²) >= 11 is 0. The van der Waals surface area contributed by atoms with Crippen molar-refractivity contribution in [3.05, 3.63) is 23.3 Å². The van der Waals surface area contributed by atoms with Gasteiger partial charge in [0.05, 0.1) is 5.56 Å². The Morgan fingerprint density at radius 2 is 1.80 bits per heavy atom. The summed E-state index contributed by atoms with van der Waals surface area (Å²) in [5.41, 5.74) is -1.13. The quantitative estimate of drug-likeness (QED) is 0.740. The monoisotopic (exact) mass is 290 g/mol. The third-order valence-corrected chi connectivity index (χ3v) is 3.45. The molecule has 1 aromatic rings. The normalized spacial score (nSPS) is 17.4. The molecule has 1 aromatic carbocycles. The molecule has 1 aliphatic rings. The summed E-state index contributed by atoms with van der Waals surface area (Å²) in [5, 5.41) is 22.2. The van der Waals surface area contributed by atoms with Crippen molar-refractivity contribution in [3.8, 4) is 11.5 Å². The third-order valence-electron chi connectivity index (χ3n) is 3.45. The Morgan fingerprint density at radius 3 is 2.40 bits per heavy atom. The number of nitrogens with zero attached hydrogens (tertiary/aromatic N) is 1. The average Bonchev–Trinajstić information content (AvgIpc) is 2.40. The van der Waals surface area contributed by atoms with Crippen LogP contribution in [-0.2, 0) is 12.6 Å². The largest absolute Gasteiger partial charge is 0.504 e. The van der Waals surface area contributed by atoms with Gasteiger partial charge in [-0.05, 0) is 18.6 Å². The molecule has 1 saturated heterocycles. The number of halogens is 3. The van der Waals surface area contributed by atoms with E-state index in [1.54, 1.807) is 0 Å². The van der Waals surface area contributed by atoms with Gasteiger partial charge in [-0.3, -0.25) is 0 Å². The average molecular weight is 290 g/mol. The summed E-state index contributed by atoms with van der Waals surface area (Å²) < 4.78 is 38.7. The molecular weight excluding hydrogens is 273 g/mol. The number of hydrogen-bond donors (Lipinski definition) is 3. The van der Waals surface area contributed by atoms with Crippen LogP contribution in [0.5, 0.6) is 11.5 Å². The molecule has 1 aliphatic heterocycles. The first-order chi connectivity index (χ1) is 9.39. The molecule has 1 fully saturated rings. The van der Waals surface area contributed by atoms with Gasteiger partial charge in [0.15, 0.2) is 11.5 Å². The molecule has 3 N–H and O–H groups in total. The number of alkyl halides is 3. The summed E-state index contributed by atoms with van der Waals surface area (Å²) in [6, 6.07) is 1.68. The standard InChI is InChI=1S/C13H17F3N2O2/c14-13(15,16)10-1-2-11(19)12(20)9(10)3-6-18-7-4-17-5-8-18/h1-2,17,19-20H,3-8H2. The van der Waals surface area contributed by atoms with Gasteiger partial charge >= 0.3 is 6.18 Å². The van der Waals surface area contributed by atoms with E-state index in [0.717, 1.165) is 38.3 Å². The van der Waals surface area contributed by atoms with Gasteiger partial charge in [-0.2, -0.15) is 13.2 Å². The number of phenolic OH excluding ortho intramolecular Hbond substituents is 2. The number of aromatic hydroxyl groups is 2. The minimum Gasteiger partial charge on any atom is -0.504 e. The highest BCUT2D eigenvalue weighted by Crippen LogP contribution is 2.40. The smallest absolute Gasteiger partial charge is 0.416 e. The van der Waals surface area contributed by atoms with Gasteiger partial charge in [-0.1, -0.05) is 0 Å². The molecule has 0 amide bonds. The molecule has 20 heavy (non-hydrogen) atoms. The highest BCUT2D eigenvalue weighted by molar-refractivity contribution is 5.50. The molecular formula is C13H17F3N2O2. The van der Waals surface area contributed by atoms with Crippen LogP contribution in [0.2, 0.25) is 0 Å². The van der Waals surface area contributed by atoms with Crippen LogP contribution < -0.4 is 5.32 Å². The molecule has 1 heterocycles. The third kappa shape index (κ3) is 3.34. The van der Waals surface area contributed by atoms with Crippen LogP contribution in [0.3, 0.4) is 0 Å². The summed E-state index contributed by atoms with van der Waals surface area (Å²) in [6.07, 6.45) is -4.49. The van der Waals surface area contributed by atoms with Crippen molar-refractivity contribution in [2.75, 3.05) is 32.7 Å². The summed E-state index contributed by atoms with van der Waals surface area (Å²) in [5.74, 6) is -1.19. The molecule has 0 spiro atoms. The number of piperazine rings is 1. The van der Waals surface area contributed by atoms with Crippen LogP contribution in [0.4, 0.5) is 13.2 Å². The van der Waals surface area contributed by atoms with E-state index in [-0.39, 0.29) is 12.0 Å². The van der Waals surface area contributed by atoms with E-state index in [4.69, 9.17) is 0 Å². The lowest BCUT2D eigenvalue weighted by atomic mass is 10.0. The molecule has 0 aromatic heterocycles. The van der Waals surface area contributed by atoms with Crippen molar-refractivity contribution in [1.82, 2.24) is 10.2 Å². The zero-order valence-corrected chi connectivity index (χ0v) is 10.9. The lowest BCUT2D eigenvalue weighted by Crippen LogP contribution is -2.44. The van der Waals surface area contributed by atoms with Crippen LogP contribution in [-0.4, -0.2) is 47.8 Å². The van der Waals surface area contributed by atoms with E-state index >= 15 is 0 Å². The minimum absolute atomic E-state index is 0.0507. The van der Waals surface area contributed by atoms with Gasteiger partial charge in [-0.25, -0.2) is 0 Å². The van der Waals surface area contributed by atoms with Crippen LogP contribution in [0.1, 0.15) is 11.1 Å². The number of hydrogen-bond acceptors (Lipinski definition) is 4. The molecule has 0 aliphatic carbocycles. The number of benzene rings is 1. The molecule has 0 unspecified atom stereocenters. The topological polar surface area (TPSA) is 55.7 Å². The van der Waals surface area contributed by atoms with Crippen molar-refractivity contribution in [1.29, 1.82) is 0 Å². The first-order valence-corrected chi connectivity index (χ1v) is 6.43. The Morgan fingerprint density at radius 1 is 1.15 bits per heavy atom. The van der Waals surface area contributed by atoms with Gasteiger partial charge in [0.2, 0.25) is 0 Å². The Bertz CT molecular complexity index is 471. The fourth-order valence-electron chi connectivity index (χ4n) is 2.35. The SMILES string of the molecule is Oc1ccc(C(F)(F)F)c(CCN2CCNCC2)c1O. The maximum Gasteiger partial charge on any atom is 0.416 e. The van der Waals surface area contributed by atoms with E-state index in [9.17, 15) is 23.4 Å². The zero-order valence-electron chi connectivity index (χ0n) is 10.9. The summed E-state index contributed by atoms with van der Waals surface area (Å²) in [7, 11) is 0. The molecule has 4 nitrogen and oxygen atoms in total.